The lowest BCUT2D eigenvalue weighted by atomic mass is 10.1. The number of carbonyl (C=O) groups is 2. The maximum Gasteiger partial charge on any atom is 0.339 e. The van der Waals surface area contributed by atoms with E-state index in [9.17, 15) is 9.59 Å². The standard InChI is InChI=1S/C18H27NO3/c1-11(2)19(12(3)4)17(20)15(7)22-18(21)16-10-13(5)8-9-14(16)6/h8-12,15H,1-7H3. The van der Waals surface area contributed by atoms with Crippen LogP contribution in [0.5, 0.6) is 0 Å². The average Bonchev–Trinajstić information content (AvgIpc) is 2.40. The minimum Gasteiger partial charge on any atom is -0.449 e. The first-order valence-electron chi connectivity index (χ1n) is 7.75. The second-order valence-electron chi connectivity index (χ2n) is 6.30. The van der Waals surface area contributed by atoms with Crippen LogP contribution < -0.4 is 0 Å². The molecule has 4 nitrogen and oxygen atoms in total. The molecule has 0 saturated carbocycles. The number of carbonyl (C=O) groups excluding carboxylic acids is 2. The summed E-state index contributed by atoms with van der Waals surface area (Å²) in [5.74, 6) is -0.613. The van der Waals surface area contributed by atoms with E-state index in [4.69, 9.17) is 4.74 Å². The minimum atomic E-state index is -0.794. The van der Waals surface area contributed by atoms with Gasteiger partial charge in [0.25, 0.3) is 5.91 Å². The molecule has 0 saturated heterocycles. The van der Waals surface area contributed by atoms with E-state index in [-0.39, 0.29) is 18.0 Å². The number of rotatable bonds is 5. The van der Waals surface area contributed by atoms with Crippen molar-refractivity contribution in [1.29, 1.82) is 0 Å². The number of hydrogen-bond donors (Lipinski definition) is 0. The molecule has 1 amide bonds. The van der Waals surface area contributed by atoms with Crippen LogP contribution >= 0.6 is 0 Å². The van der Waals surface area contributed by atoms with E-state index in [0.717, 1.165) is 11.1 Å². The Hall–Kier alpha value is -1.84. The maximum atomic E-state index is 12.5. The summed E-state index contributed by atoms with van der Waals surface area (Å²) in [5.41, 5.74) is 2.35. The van der Waals surface area contributed by atoms with Crippen LogP contribution in [-0.2, 0) is 9.53 Å². The molecule has 1 atom stereocenters. The van der Waals surface area contributed by atoms with Gasteiger partial charge in [-0.2, -0.15) is 0 Å². The van der Waals surface area contributed by atoms with E-state index < -0.39 is 12.1 Å². The molecule has 1 unspecified atom stereocenters. The van der Waals surface area contributed by atoms with Gasteiger partial charge in [-0.3, -0.25) is 4.79 Å². The third kappa shape index (κ3) is 4.33. The molecule has 0 spiro atoms. The second kappa shape index (κ2) is 7.43. The molecular formula is C18H27NO3. The molecule has 0 aliphatic carbocycles. The first-order valence-corrected chi connectivity index (χ1v) is 7.75. The van der Waals surface area contributed by atoms with Crippen LogP contribution in [0.4, 0.5) is 0 Å². The molecular weight excluding hydrogens is 278 g/mol. The maximum absolute atomic E-state index is 12.5. The van der Waals surface area contributed by atoms with Crippen molar-refractivity contribution in [3.05, 3.63) is 34.9 Å². The highest BCUT2D eigenvalue weighted by atomic mass is 16.5. The van der Waals surface area contributed by atoms with Crippen molar-refractivity contribution in [1.82, 2.24) is 4.90 Å². The summed E-state index contributed by atoms with van der Waals surface area (Å²) < 4.78 is 5.39. The summed E-state index contributed by atoms with van der Waals surface area (Å²) in [6, 6.07) is 5.74. The fourth-order valence-electron chi connectivity index (χ4n) is 2.55. The average molecular weight is 305 g/mol. The molecule has 1 aromatic rings. The lowest BCUT2D eigenvalue weighted by Crippen LogP contribution is -2.47. The van der Waals surface area contributed by atoms with Gasteiger partial charge in [0.05, 0.1) is 5.56 Å². The van der Waals surface area contributed by atoms with Crippen molar-refractivity contribution >= 4 is 11.9 Å². The lowest BCUT2D eigenvalue weighted by Gasteiger charge is -2.32. The zero-order valence-corrected chi connectivity index (χ0v) is 14.6. The molecule has 122 valence electrons. The topological polar surface area (TPSA) is 46.6 Å². The van der Waals surface area contributed by atoms with Gasteiger partial charge in [0.1, 0.15) is 0 Å². The van der Waals surface area contributed by atoms with Gasteiger partial charge in [-0.25, -0.2) is 4.79 Å². The van der Waals surface area contributed by atoms with Crippen molar-refractivity contribution in [2.45, 2.75) is 66.7 Å². The smallest absolute Gasteiger partial charge is 0.339 e. The zero-order chi connectivity index (χ0) is 17.0. The molecule has 0 N–H and O–H groups in total. The van der Waals surface area contributed by atoms with Crippen LogP contribution in [0.1, 0.15) is 56.1 Å². The third-order valence-corrected chi connectivity index (χ3v) is 3.61. The molecule has 1 aromatic carbocycles. The molecule has 1 rings (SSSR count). The van der Waals surface area contributed by atoms with Crippen molar-refractivity contribution in [3.8, 4) is 0 Å². The summed E-state index contributed by atoms with van der Waals surface area (Å²) in [7, 11) is 0. The number of benzene rings is 1. The van der Waals surface area contributed by atoms with E-state index in [1.165, 1.54) is 0 Å². The Labute approximate surface area is 133 Å². The number of esters is 1. The number of amides is 1. The molecule has 0 heterocycles. The Bertz CT molecular complexity index is 541. The molecule has 0 aliphatic rings. The van der Waals surface area contributed by atoms with Crippen LogP contribution in [0, 0.1) is 13.8 Å². The normalized spacial score (nSPS) is 12.4. The third-order valence-electron chi connectivity index (χ3n) is 3.61. The summed E-state index contributed by atoms with van der Waals surface area (Å²) in [4.78, 5) is 26.5. The number of hydrogen-bond acceptors (Lipinski definition) is 3. The van der Waals surface area contributed by atoms with Gasteiger partial charge in [0.2, 0.25) is 0 Å². The second-order valence-corrected chi connectivity index (χ2v) is 6.30. The highest BCUT2D eigenvalue weighted by molar-refractivity contribution is 5.93. The fourth-order valence-corrected chi connectivity index (χ4v) is 2.55. The van der Waals surface area contributed by atoms with E-state index in [1.807, 2.05) is 53.7 Å². The van der Waals surface area contributed by atoms with Gasteiger partial charge in [-0.1, -0.05) is 17.7 Å². The van der Waals surface area contributed by atoms with Crippen molar-refractivity contribution < 1.29 is 14.3 Å². The van der Waals surface area contributed by atoms with Crippen molar-refractivity contribution in [2.75, 3.05) is 0 Å². The van der Waals surface area contributed by atoms with Crippen LogP contribution in [0.15, 0.2) is 18.2 Å². The Kier molecular flexibility index (Phi) is 6.15. The molecule has 4 heteroatoms. The minimum absolute atomic E-state index is 0.0642. The Morgan fingerprint density at radius 3 is 2.05 bits per heavy atom. The quantitative estimate of drug-likeness (QED) is 0.782. The van der Waals surface area contributed by atoms with E-state index >= 15 is 0 Å². The molecule has 0 aromatic heterocycles. The first-order chi connectivity index (χ1) is 10.1. The summed E-state index contributed by atoms with van der Waals surface area (Å²) in [6.07, 6.45) is -0.794. The van der Waals surface area contributed by atoms with Gasteiger partial charge in [-0.15, -0.1) is 0 Å². The van der Waals surface area contributed by atoms with Gasteiger partial charge in [-0.05, 0) is 60.1 Å². The number of nitrogens with zero attached hydrogens (tertiary/aromatic N) is 1. The summed E-state index contributed by atoms with van der Waals surface area (Å²) in [6.45, 7) is 13.2. The summed E-state index contributed by atoms with van der Waals surface area (Å²) in [5, 5.41) is 0. The predicted octanol–water partition coefficient (Wildman–Crippen LogP) is 3.49. The zero-order valence-electron chi connectivity index (χ0n) is 14.6. The van der Waals surface area contributed by atoms with Crippen LogP contribution in [-0.4, -0.2) is 35.0 Å². The van der Waals surface area contributed by atoms with Gasteiger partial charge < -0.3 is 9.64 Å². The van der Waals surface area contributed by atoms with Gasteiger partial charge in [0, 0.05) is 12.1 Å². The molecule has 0 bridgehead atoms. The SMILES string of the molecule is Cc1ccc(C)c(C(=O)OC(C)C(=O)N(C(C)C)C(C)C)c1. The molecule has 0 aliphatic heterocycles. The van der Waals surface area contributed by atoms with Crippen LogP contribution in [0.2, 0.25) is 0 Å². The van der Waals surface area contributed by atoms with E-state index in [0.29, 0.717) is 5.56 Å². The molecule has 0 radical (unpaired) electrons. The van der Waals surface area contributed by atoms with Gasteiger partial charge in [0.15, 0.2) is 6.10 Å². The Morgan fingerprint density at radius 1 is 1.00 bits per heavy atom. The van der Waals surface area contributed by atoms with Crippen molar-refractivity contribution in [2.24, 2.45) is 0 Å². The predicted molar refractivity (Wildman–Crippen MR) is 87.9 cm³/mol. The highest BCUT2D eigenvalue weighted by Gasteiger charge is 2.28. The highest BCUT2D eigenvalue weighted by Crippen LogP contribution is 2.15. The number of aryl methyl sites for hydroxylation is 2. The Morgan fingerprint density at radius 2 is 1.55 bits per heavy atom. The van der Waals surface area contributed by atoms with Crippen molar-refractivity contribution in [3.63, 3.8) is 0 Å². The van der Waals surface area contributed by atoms with E-state index in [1.54, 1.807) is 17.9 Å². The van der Waals surface area contributed by atoms with E-state index in [2.05, 4.69) is 0 Å². The monoisotopic (exact) mass is 305 g/mol. The lowest BCUT2D eigenvalue weighted by molar-refractivity contribution is -0.143. The number of ether oxygens (including phenoxy) is 1. The molecule has 22 heavy (non-hydrogen) atoms. The largest absolute Gasteiger partial charge is 0.449 e. The van der Waals surface area contributed by atoms with Crippen LogP contribution in [0.25, 0.3) is 0 Å². The molecule has 0 fully saturated rings. The van der Waals surface area contributed by atoms with Gasteiger partial charge >= 0.3 is 5.97 Å². The van der Waals surface area contributed by atoms with Crippen LogP contribution in [0.3, 0.4) is 0 Å². The fraction of sp³-hybridized carbons (Fsp3) is 0.556. The first kappa shape index (κ1) is 18.2. The Balaban J connectivity index is 2.87. The summed E-state index contributed by atoms with van der Waals surface area (Å²) >= 11 is 0.